The third kappa shape index (κ3) is 7.59. The molecule has 0 radical (unpaired) electrons. The lowest BCUT2D eigenvalue weighted by Gasteiger charge is -2.33. The van der Waals surface area contributed by atoms with Crippen molar-refractivity contribution in [3.05, 3.63) is 111 Å². The van der Waals surface area contributed by atoms with Gasteiger partial charge in [0.1, 0.15) is 23.3 Å². The number of hydrogen-bond donors (Lipinski definition) is 2. The lowest BCUT2D eigenvalue weighted by atomic mass is 10.0. The first-order valence-electron chi connectivity index (χ1n) is 16.0. The summed E-state index contributed by atoms with van der Waals surface area (Å²) in [6.45, 7) is 2.22. The highest BCUT2D eigenvalue weighted by Gasteiger charge is 2.26. The highest BCUT2D eigenvalue weighted by molar-refractivity contribution is 7.99. The first kappa shape index (κ1) is 34.5. The minimum absolute atomic E-state index is 0.310. The molecule has 0 unspecified atom stereocenters. The number of fused-ring (bicyclic) bond motifs is 2. The second-order valence-electron chi connectivity index (χ2n) is 11.6. The molecule has 3 heterocycles. The van der Waals surface area contributed by atoms with Crippen LogP contribution in [-0.2, 0) is 16.0 Å². The van der Waals surface area contributed by atoms with E-state index in [1.54, 1.807) is 23.9 Å². The number of rotatable bonds is 12. The maximum Gasteiger partial charge on any atom is 0.346 e. The van der Waals surface area contributed by atoms with E-state index >= 15 is 0 Å². The van der Waals surface area contributed by atoms with E-state index in [1.807, 2.05) is 24.3 Å². The summed E-state index contributed by atoms with van der Waals surface area (Å²) in [5, 5.41) is 37.0. The molecule has 0 bridgehead atoms. The van der Waals surface area contributed by atoms with Crippen LogP contribution in [0, 0.1) is 22.7 Å². The Labute approximate surface area is 302 Å². The number of nitrogens with zero attached hydrogens (tertiary/aromatic N) is 3. The first-order valence-corrected chi connectivity index (χ1v) is 18.5. The van der Waals surface area contributed by atoms with Crippen molar-refractivity contribution in [1.82, 2.24) is 0 Å². The number of carboxylic acid groups (broad SMARTS) is 2. The zero-order valence-corrected chi connectivity index (χ0v) is 29.5. The van der Waals surface area contributed by atoms with Crippen LogP contribution < -0.4 is 4.90 Å². The summed E-state index contributed by atoms with van der Waals surface area (Å²) in [5.41, 5.74) is 5.81. The van der Waals surface area contributed by atoms with Gasteiger partial charge in [-0.2, -0.15) is 10.5 Å². The number of carboxylic acids is 2. The van der Waals surface area contributed by atoms with Crippen molar-refractivity contribution in [1.29, 1.82) is 10.5 Å². The Morgan fingerprint density at radius 2 is 1.22 bits per heavy atom. The van der Waals surface area contributed by atoms with Crippen LogP contribution in [-0.4, -0.2) is 22.2 Å². The number of benzene rings is 3. The van der Waals surface area contributed by atoms with Gasteiger partial charge in [0.15, 0.2) is 0 Å². The second-order valence-corrected chi connectivity index (χ2v) is 14.9. The van der Waals surface area contributed by atoms with Crippen LogP contribution in [0.15, 0.2) is 106 Å². The number of aliphatic carboxylic acids is 2. The molecule has 6 rings (SSSR count). The normalized spacial score (nSPS) is 12.5. The molecule has 2 aromatic heterocycles. The average molecular weight is 714 g/mol. The van der Waals surface area contributed by atoms with E-state index < -0.39 is 11.9 Å². The Morgan fingerprint density at radius 1 is 0.700 bits per heavy atom. The Kier molecular flexibility index (Phi) is 10.6. The summed E-state index contributed by atoms with van der Waals surface area (Å²) >= 11 is 4.52. The lowest BCUT2D eigenvalue weighted by molar-refractivity contribution is -0.133. The molecule has 0 spiro atoms. The molecule has 0 atom stereocenters. The van der Waals surface area contributed by atoms with Crippen molar-refractivity contribution in [3.63, 3.8) is 0 Å². The van der Waals surface area contributed by atoms with Gasteiger partial charge in [-0.3, -0.25) is 0 Å². The molecule has 0 fully saturated rings. The van der Waals surface area contributed by atoms with Crippen molar-refractivity contribution < 1.29 is 19.8 Å². The Bertz CT molecular complexity index is 2100. The molecule has 50 heavy (non-hydrogen) atoms. The maximum absolute atomic E-state index is 11.4. The summed E-state index contributed by atoms with van der Waals surface area (Å²) in [6, 6.07) is 32.5. The van der Waals surface area contributed by atoms with Gasteiger partial charge in [0, 0.05) is 35.0 Å². The zero-order chi connectivity index (χ0) is 35.2. The fourth-order valence-corrected chi connectivity index (χ4v) is 8.73. The van der Waals surface area contributed by atoms with E-state index in [-0.39, 0.29) is 11.1 Å². The third-order valence-corrected chi connectivity index (χ3v) is 11.5. The molecule has 0 aliphatic carbocycles. The number of carbonyl (C=O) groups is 2. The SMILES string of the molecule is CCCCCCc1ccc(N2c3ccc(-c4ccc(/C=C(/C#N)C(=O)O)s4)cc3Sc3cc(-c4ccc(/C=C(/C#N)C(=O)O)s4)ccc32)cc1. The fraction of sp³-hybridized carbons (Fsp3) is 0.150. The smallest absolute Gasteiger partial charge is 0.346 e. The highest BCUT2D eigenvalue weighted by Crippen LogP contribution is 2.53. The van der Waals surface area contributed by atoms with Crippen LogP contribution >= 0.6 is 34.4 Å². The second kappa shape index (κ2) is 15.4. The van der Waals surface area contributed by atoms with Gasteiger partial charge in [0.2, 0.25) is 0 Å². The number of thiophene rings is 2. The lowest BCUT2D eigenvalue weighted by Crippen LogP contribution is -2.15. The molecular formula is C40H31N3O4S3. The zero-order valence-electron chi connectivity index (χ0n) is 27.1. The minimum Gasteiger partial charge on any atom is -0.477 e. The topological polar surface area (TPSA) is 125 Å². The fourth-order valence-electron chi connectivity index (χ4n) is 5.70. The third-order valence-electron chi connectivity index (χ3n) is 8.23. The van der Waals surface area contributed by atoms with Crippen LogP contribution in [0.4, 0.5) is 17.1 Å². The number of anilines is 3. The molecule has 5 aromatic rings. The quantitative estimate of drug-likeness (QED) is 0.0729. The molecule has 2 N–H and O–H groups in total. The van der Waals surface area contributed by atoms with Crippen LogP contribution in [0.25, 0.3) is 33.0 Å². The Hall–Kier alpha value is -5.39. The number of aryl methyl sites for hydroxylation is 1. The van der Waals surface area contributed by atoms with E-state index in [9.17, 15) is 30.3 Å². The summed E-state index contributed by atoms with van der Waals surface area (Å²) in [4.78, 5) is 30.4. The average Bonchev–Trinajstić information content (AvgIpc) is 3.80. The molecule has 3 aromatic carbocycles. The predicted molar refractivity (Wildman–Crippen MR) is 202 cm³/mol. The van der Waals surface area contributed by atoms with Crippen LogP contribution in [0.3, 0.4) is 0 Å². The molecule has 248 valence electrons. The van der Waals surface area contributed by atoms with Gasteiger partial charge >= 0.3 is 11.9 Å². The highest BCUT2D eigenvalue weighted by atomic mass is 32.2. The van der Waals surface area contributed by atoms with E-state index in [0.29, 0.717) is 9.75 Å². The molecule has 0 amide bonds. The van der Waals surface area contributed by atoms with Gasteiger partial charge in [0.25, 0.3) is 0 Å². The predicted octanol–water partition coefficient (Wildman–Crippen LogP) is 11.2. The van der Waals surface area contributed by atoms with Crippen LogP contribution in [0.5, 0.6) is 0 Å². The largest absolute Gasteiger partial charge is 0.477 e. The number of unbranched alkanes of at least 4 members (excludes halogenated alkanes) is 3. The van der Waals surface area contributed by atoms with Crippen molar-refractivity contribution in [2.24, 2.45) is 0 Å². The number of hydrogen-bond acceptors (Lipinski definition) is 8. The van der Waals surface area contributed by atoms with Gasteiger partial charge in [-0.15, -0.1) is 22.7 Å². The summed E-state index contributed by atoms with van der Waals surface area (Å²) in [7, 11) is 0. The van der Waals surface area contributed by atoms with Gasteiger partial charge in [-0.25, -0.2) is 9.59 Å². The van der Waals surface area contributed by atoms with Gasteiger partial charge in [-0.1, -0.05) is 62.2 Å². The standard InChI is InChI=1S/C40H31N3O4S3/c1-2-3-4-5-6-25-7-11-30(12-8-25)43-33-15-9-26(35-17-13-31(48-35)19-28(23-41)39(44)45)21-37(33)50-38-22-27(10-16-34(38)43)36-18-14-32(49-36)20-29(24-42)40(46)47/h7-22H,2-6H2,1H3,(H,44,45)(H,46,47)/b28-19-,29-20-. The van der Waals surface area contributed by atoms with Crippen LogP contribution in [0.1, 0.15) is 47.9 Å². The van der Waals surface area contributed by atoms with Crippen molar-refractivity contribution in [2.45, 2.75) is 48.8 Å². The van der Waals surface area contributed by atoms with Crippen molar-refractivity contribution in [3.8, 4) is 33.0 Å². The minimum atomic E-state index is -1.25. The van der Waals surface area contributed by atoms with E-state index in [2.05, 4.69) is 72.5 Å². The van der Waals surface area contributed by atoms with Gasteiger partial charge < -0.3 is 15.1 Å². The first-order chi connectivity index (χ1) is 24.3. The monoisotopic (exact) mass is 713 g/mol. The van der Waals surface area contributed by atoms with E-state index in [4.69, 9.17) is 0 Å². The van der Waals surface area contributed by atoms with Gasteiger partial charge in [0.05, 0.1) is 11.4 Å². The molecule has 1 aliphatic rings. The Morgan fingerprint density at radius 3 is 1.68 bits per heavy atom. The van der Waals surface area contributed by atoms with E-state index in [0.717, 1.165) is 54.2 Å². The molecule has 7 nitrogen and oxygen atoms in total. The van der Waals surface area contributed by atoms with Gasteiger partial charge in [-0.05, 0) is 102 Å². The Balaban J connectivity index is 1.38. The molecule has 0 saturated heterocycles. The molecule has 0 saturated carbocycles. The maximum atomic E-state index is 11.4. The molecule has 1 aliphatic heterocycles. The van der Waals surface area contributed by atoms with Crippen molar-refractivity contribution in [2.75, 3.05) is 4.90 Å². The summed E-state index contributed by atoms with van der Waals surface area (Å²) in [5.74, 6) is -2.50. The van der Waals surface area contributed by atoms with Crippen LogP contribution in [0.2, 0.25) is 0 Å². The summed E-state index contributed by atoms with van der Waals surface area (Å²) in [6.07, 6.45) is 8.71. The summed E-state index contributed by atoms with van der Waals surface area (Å²) < 4.78 is 0. The number of nitriles is 2. The molecule has 10 heteroatoms. The molecular weight excluding hydrogens is 683 g/mol. The van der Waals surface area contributed by atoms with Crippen molar-refractivity contribution >= 4 is 75.6 Å². The van der Waals surface area contributed by atoms with E-state index in [1.165, 1.54) is 66.1 Å².